The second kappa shape index (κ2) is 5.00. The molecule has 0 aliphatic carbocycles. The van der Waals surface area contributed by atoms with Crippen LogP contribution in [0.4, 0.5) is 16.0 Å². The van der Waals surface area contributed by atoms with E-state index >= 15 is 0 Å². The Morgan fingerprint density at radius 2 is 1.89 bits per heavy atom. The van der Waals surface area contributed by atoms with Gasteiger partial charge in [-0.2, -0.15) is 0 Å². The number of hydrogen-bond donors (Lipinski definition) is 2. The molecule has 0 unspecified atom stereocenters. The normalized spacial score (nSPS) is 10.4. The molecular weight excluding hydrogens is 231 g/mol. The summed E-state index contributed by atoms with van der Waals surface area (Å²) in [4.78, 5) is 8.02. The van der Waals surface area contributed by atoms with E-state index < -0.39 is 0 Å². The monoisotopic (exact) mass is 246 g/mol. The van der Waals surface area contributed by atoms with Gasteiger partial charge in [0, 0.05) is 6.54 Å². The number of nitrogens with one attached hydrogen (secondary N) is 1. The Labute approximate surface area is 105 Å². The van der Waals surface area contributed by atoms with Crippen LogP contribution in [0.15, 0.2) is 24.5 Å². The molecule has 0 spiro atoms. The minimum atomic E-state index is -0.150. The average Bonchev–Trinajstić information content (AvgIpc) is 2.33. The maximum atomic E-state index is 13.5. The summed E-state index contributed by atoms with van der Waals surface area (Å²) < 4.78 is 13.5. The summed E-state index contributed by atoms with van der Waals surface area (Å²) in [6.07, 6.45) is 3.08. The van der Waals surface area contributed by atoms with Crippen LogP contribution in [0.2, 0.25) is 0 Å². The molecule has 0 aliphatic rings. The van der Waals surface area contributed by atoms with Gasteiger partial charge in [-0.05, 0) is 30.5 Å². The number of nitrogen functional groups attached to an aromatic ring is 1. The van der Waals surface area contributed by atoms with E-state index in [0.29, 0.717) is 29.3 Å². The second-order valence-corrected chi connectivity index (χ2v) is 4.23. The van der Waals surface area contributed by atoms with Crippen molar-refractivity contribution in [2.75, 3.05) is 11.1 Å². The van der Waals surface area contributed by atoms with Crippen LogP contribution in [0.3, 0.4) is 0 Å². The number of halogens is 1. The van der Waals surface area contributed by atoms with Gasteiger partial charge in [0.15, 0.2) is 0 Å². The molecule has 94 valence electrons. The highest BCUT2D eigenvalue weighted by Gasteiger charge is 2.04. The van der Waals surface area contributed by atoms with E-state index in [4.69, 9.17) is 5.73 Å². The van der Waals surface area contributed by atoms with Gasteiger partial charge in [-0.15, -0.1) is 0 Å². The molecule has 0 aliphatic heterocycles. The zero-order valence-electron chi connectivity index (χ0n) is 10.4. The van der Waals surface area contributed by atoms with Crippen molar-refractivity contribution in [1.82, 2.24) is 9.97 Å². The highest BCUT2D eigenvalue weighted by Crippen LogP contribution is 2.15. The van der Waals surface area contributed by atoms with E-state index in [0.717, 1.165) is 5.56 Å². The largest absolute Gasteiger partial charge is 0.382 e. The molecule has 0 radical (unpaired) electrons. The molecule has 0 fully saturated rings. The van der Waals surface area contributed by atoms with Gasteiger partial charge in [-0.1, -0.05) is 12.1 Å². The van der Waals surface area contributed by atoms with E-state index in [1.54, 1.807) is 20.0 Å². The minimum absolute atomic E-state index is 0.150. The number of hydrogen-bond acceptors (Lipinski definition) is 4. The third-order valence-electron chi connectivity index (χ3n) is 2.62. The van der Waals surface area contributed by atoms with Crippen LogP contribution >= 0.6 is 0 Å². The van der Waals surface area contributed by atoms with Crippen LogP contribution < -0.4 is 11.1 Å². The number of nitrogens with zero attached hydrogens (tertiary/aromatic N) is 2. The Kier molecular flexibility index (Phi) is 3.41. The molecule has 2 aromatic rings. The van der Waals surface area contributed by atoms with Crippen molar-refractivity contribution in [3.63, 3.8) is 0 Å². The van der Waals surface area contributed by atoms with Gasteiger partial charge < -0.3 is 11.1 Å². The minimum Gasteiger partial charge on any atom is -0.382 e. The number of nitrogens with two attached hydrogens (primary N) is 1. The predicted octanol–water partition coefficient (Wildman–Crippen LogP) is 2.43. The van der Waals surface area contributed by atoms with Gasteiger partial charge in [0.05, 0.1) is 12.4 Å². The Bertz CT molecular complexity index is 546. The van der Waals surface area contributed by atoms with Gasteiger partial charge >= 0.3 is 0 Å². The number of benzene rings is 1. The first-order valence-electron chi connectivity index (χ1n) is 5.63. The molecule has 0 bridgehead atoms. The van der Waals surface area contributed by atoms with Gasteiger partial charge in [0.1, 0.15) is 17.5 Å². The Hall–Kier alpha value is -2.17. The molecule has 0 amide bonds. The fourth-order valence-electron chi connectivity index (χ4n) is 1.80. The van der Waals surface area contributed by atoms with Gasteiger partial charge in [-0.3, -0.25) is 4.98 Å². The van der Waals surface area contributed by atoms with Crippen LogP contribution in [-0.4, -0.2) is 9.97 Å². The quantitative estimate of drug-likeness (QED) is 0.873. The number of anilines is 2. The summed E-state index contributed by atoms with van der Waals surface area (Å²) in [6.45, 7) is 4.07. The molecule has 0 saturated carbocycles. The second-order valence-electron chi connectivity index (χ2n) is 4.23. The Morgan fingerprint density at radius 3 is 2.50 bits per heavy atom. The lowest BCUT2D eigenvalue weighted by molar-refractivity contribution is 0.608. The van der Waals surface area contributed by atoms with Crippen molar-refractivity contribution < 1.29 is 4.39 Å². The average molecular weight is 246 g/mol. The van der Waals surface area contributed by atoms with Gasteiger partial charge in [0.2, 0.25) is 0 Å². The fraction of sp³-hybridized carbons (Fsp3) is 0.231. The Balaban J connectivity index is 2.11. The number of aryl methyl sites for hydroxylation is 2. The third-order valence-corrected chi connectivity index (χ3v) is 2.62. The molecular formula is C13H15FN4. The summed E-state index contributed by atoms with van der Waals surface area (Å²) in [7, 11) is 0. The highest BCUT2D eigenvalue weighted by molar-refractivity contribution is 5.40. The SMILES string of the molecule is Cc1cc(CNc2cncc(N)n2)cc(C)c1F. The molecule has 18 heavy (non-hydrogen) atoms. The lowest BCUT2D eigenvalue weighted by Gasteiger charge is -2.09. The number of rotatable bonds is 3. The van der Waals surface area contributed by atoms with Crippen LogP contribution in [0.1, 0.15) is 16.7 Å². The van der Waals surface area contributed by atoms with Crippen LogP contribution in [0.25, 0.3) is 0 Å². The van der Waals surface area contributed by atoms with Crippen molar-refractivity contribution in [1.29, 1.82) is 0 Å². The smallest absolute Gasteiger partial charge is 0.147 e. The molecule has 0 atom stereocenters. The van der Waals surface area contributed by atoms with Crippen LogP contribution in [0.5, 0.6) is 0 Å². The van der Waals surface area contributed by atoms with Crippen LogP contribution in [0, 0.1) is 19.7 Å². The first kappa shape index (κ1) is 12.3. The fourth-order valence-corrected chi connectivity index (χ4v) is 1.80. The van der Waals surface area contributed by atoms with E-state index in [1.807, 2.05) is 12.1 Å². The summed E-state index contributed by atoms with van der Waals surface area (Å²) in [5, 5.41) is 3.10. The lowest BCUT2D eigenvalue weighted by atomic mass is 10.1. The zero-order chi connectivity index (χ0) is 13.1. The molecule has 1 aromatic heterocycles. The maximum absolute atomic E-state index is 13.5. The zero-order valence-corrected chi connectivity index (χ0v) is 10.4. The predicted molar refractivity (Wildman–Crippen MR) is 69.6 cm³/mol. The van der Waals surface area contributed by atoms with E-state index in [-0.39, 0.29) is 5.82 Å². The molecule has 2 rings (SSSR count). The van der Waals surface area contributed by atoms with E-state index in [9.17, 15) is 4.39 Å². The molecule has 1 aromatic carbocycles. The summed E-state index contributed by atoms with van der Waals surface area (Å²) in [5.41, 5.74) is 7.82. The van der Waals surface area contributed by atoms with Gasteiger partial charge in [-0.25, -0.2) is 9.37 Å². The van der Waals surface area contributed by atoms with Crippen molar-refractivity contribution in [2.24, 2.45) is 0 Å². The molecule has 3 N–H and O–H groups in total. The lowest BCUT2D eigenvalue weighted by Crippen LogP contribution is -2.04. The van der Waals surface area contributed by atoms with Crippen molar-refractivity contribution in [3.8, 4) is 0 Å². The highest BCUT2D eigenvalue weighted by atomic mass is 19.1. The van der Waals surface area contributed by atoms with E-state index in [1.165, 1.54) is 6.20 Å². The van der Waals surface area contributed by atoms with Crippen molar-refractivity contribution >= 4 is 11.6 Å². The third kappa shape index (κ3) is 2.74. The first-order chi connectivity index (χ1) is 8.56. The topological polar surface area (TPSA) is 63.8 Å². The summed E-state index contributed by atoms with van der Waals surface area (Å²) in [5.74, 6) is 0.823. The van der Waals surface area contributed by atoms with E-state index in [2.05, 4.69) is 15.3 Å². The summed E-state index contributed by atoms with van der Waals surface area (Å²) in [6, 6.07) is 3.63. The van der Waals surface area contributed by atoms with Crippen LogP contribution in [-0.2, 0) is 6.54 Å². The van der Waals surface area contributed by atoms with Crippen molar-refractivity contribution in [3.05, 3.63) is 47.0 Å². The standard InChI is InChI=1S/C13H15FN4/c1-8-3-10(4-9(2)13(8)14)5-17-12-7-16-6-11(15)18-12/h3-4,6-7H,5H2,1-2H3,(H3,15,17,18). The summed E-state index contributed by atoms with van der Waals surface area (Å²) >= 11 is 0. The first-order valence-corrected chi connectivity index (χ1v) is 5.63. The molecule has 0 saturated heterocycles. The Morgan fingerprint density at radius 1 is 1.22 bits per heavy atom. The molecule has 5 heteroatoms. The maximum Gasteiger partial charge on any atom is 0.147 e. The number of aromatic nitrogens is 2. The van der Waals surface area contributed by atoms with Crippen molar-refractivity contribution in [2.45, 2.75) is 20.4 Å². The molecule has 1 heterocycles. The molecule has 4 nitrogen and oxygen atoms in total. The van der Waals surface area contributed by atoms with Gasteiger partial charge in [0.25, 0.3) is 0 Å².